The summed E-state index contributed by atoms with van der Waals surface area (Å²) < 4.78 is 12.7. The number of hydrogen-bond donors (Lipinski definition) is 1. The normalized spacial score (nSPS) is 11.0. The molecule has 0 fully saturated rings. The van der Waals surface area contributed by atoms with Crippen LogP contribution in [-0.4, -0.2) is 25.0 Å². The Hall–Kier alpha value is -3.21. The van der Waals surface area contributed by atoms with Crippen LogP contribution in [-0.2, 0) is 13.1 Å². The summed E-state index contributed by atoms with van der Waals surface area (Å²) in [6.07, 6.45) is 5.83. The van der Waals surface area contributed by atoms with Crippen LogP contribution in [0.4, 0.5) is 0 Å². The highest BCUT2D eigenvalue weighted by atomic mass is 16.5. The summed E-state index contributed by atoms with van der Waals surface area (Å²) in [4.78, 5) is 0. The summed E-state index contributed by atoms with van der Waals surface area (Å²) in [5, 5.41) is 5.54. The van der Waals surface area contributed by atoms with Gasteiger partial charge in [0.05, 0.1) is 27.0 Å². The standard InChI is InChI=1S/C21H23N3O2/c1-4-11-24-15-17(18-7-5-6-8-19(18)24)14-23-22-13-16-9-10-20(25-2)21(12-16)26-3/h4-10,12,14-15,22H,1,11,13H2,2-3H3/b23-14+. The van der Waals surface area contributed by atoms with Crippen molar-refractivity contribution in [1.82, 2.24) is 9.99 Å². The number of fused-ring (bicyclic) bond motifs is 1. The minimum absolute atomic E-state index is 0.599. The maximum atomic E-state index is 5.32. The van der Waals surface area contributed by atoms with E-state index in [4.69, 9.17) is 9.47 Å². The summed E-state index contributed by atoms with van der Waals surface area (Å²) in [7, 11) is 3.26. The summed E-state index contributed by atoms with van der Waals surface area (Å²) in [5.41, 5.74) is 6.40. The first-order chi connectivity index (χ1) is 12.8. The third-order valence-electron chi connectivity index (χ3n) is 4.17. The molecule has 2 aromatic carbocycles. The molecular weight excluding hydrogens is 326 g/mol. The second-order valence-corrected chi connectivity index (χ2v) is 5.83. The number of benzene rings is 2. The minimum atomic E-state index is 0.599. The molecule has 0 aliphatic carbocycles. The fourth-order valence-electron chi connectivity index (χ4n) is 2.91. The fraction of sp³-hybridized carbons (Fsp3) is 0.190. The van der Waals surface area contributed by atoms with Crippen LogP contribution >= 0.6 is 0 Å². The molecule has 0 aliphatic heterocycles. The van der Waals surface area contributed by atoms with E-state index in [0.717, 1.165) is 23.4 Å². The molecule has 0 saturated heterocycles. The Morgan fingerprint density at radius 3 is 2.69 bits per heavy atom. The lowest BCUT2D eigenvalue weighted by atomic mass is 10.2. The Bertz CT molecular complexity index is 928. The quantitative estimate of drug-likeness (QED) is 0.380. The molecule has 134 valence electrons. The highest BCUT2D eigenvalue weighted by molar-refractivity contribution is 5.99. The SMILES string of the molecule is C=CCn1cc(/C=N/NCc2ccc(OC)c(OC)c2)c2ccccc21. The molecule has 26 heavy (non-hydrogen) atoms. The van der Waals surface area contributed by atoms with E-state index in [0.29, 0.717) is 12.3 Å². The average Bonchev–Trinajstić information content (AvgIpc) is 3.03. The molecule has 0 radical (unpaired) electrons. The van der Waals surface area contributed by atoms with E-state index in [1.54, 1.807) is 14.2 Å². The molecular formula is C21H23N3O2. The van der Waals surface area contributed by atoms with Crippen molar-refractivity contribution in [1.29, 1.82) is 0 Å². The maximum Gasteiger partial charge on any atom is 0.161 e. The van der Waals surface area contributed by atoms with Crippen molar-refractivity contribution in [3.8, 4) is 11.5 Å². The summed E-state index contributed by atoms with van der Waals surface area (Å²) in [5.74, 6) is 1.43. The van der Waals surface area contributed by atoms with E-state index in [1.807, 2.05) is 42.6 Å². The Morgan fingerprint density at radius 1 is 1.12 bits per heavy atom. The third kappa shape index (κ3) is 3.72. The summed E-state index contributed by atoms with van der Waals surface area (Å²) >= 11 is 0. The van der Waals surface area contributed by atoms with Gasteiger partial charge in [0.15, 0.2) is 11.5 Å². The van der Waals surface area contributed by atoms with Gasteiger partial charge >= 0.3 is 0 Å². The van der Waals surface area contributed by atoms with Gasteiger partial charge in [-0.1, -0.05) is 30.3 Å². The average molecular weight is 349 g/mol. The van der Waals surface area contributed by atoms with Crippen LogP contribution in [0.1, 0.15) is 11.1 Å². The largest absolute Gasteiger partial charge is 0.493 e. The number of nitrogens with one attached hydrogen (secondary N) is 1. The lowest BCUT2D eigenvalue weighted by Crippen LogP contribution is -2.06. The molecule has 0 amide bonds. The summed E-state index contributed by atoms with van der Waals surface area (Å²) in [6, 6.07) is 14.1. The number of aromatic nitrogens is 1. The maximum absolute atomic E-state index is 5.32. The van der Waals surface area contributed by atoms with E-state index in [2.05, 4.69) is 40.0 Å². The van der Waals surface area contributed by atoms with E-state index >= 15 is 0 Å². The molecule has 0 unspecified atom stereocenters. The molecule has 0 spiro atoms. The van der Waals surface area contributed by atoms with Crippen LogP contribution < -0.4 is 14.9 Å². The molecule has 5 heteroatoms. The lowest BCUT2D eigenvalue weighted by Gasteiger charge is -2.09. The van der Waals surface area contributed by atoms with Gasteiger partial charge in [-0.15, -0.1) is 6.58 Å². The molecule has 3 rings (SSSR count). The number of hydrogen-bond acceptors (Lipinski definition) is 4. The molecule has 1 heterocycles. The van der Waals surface area contributed by atoms with Crippen LogP contribution in [0.2, 0.25) is 0 Å². The van der Waals surface area contributed by atoms with Gasteiger partial charge in [-0.2, -0.15) is 5.10 Å². The highest BCUT2D eigenvalue weighted by Gasteiger charge is 2.06. The van der Waals surface area contributed by atoms with Crippen LogP contribution in [0.15, 0.2) is 66.4 Å². The second-order valence-electron chi connectivity index (χ2n) is 5.83. The van der Waals surface area contributed by atoms with Crippen molar-refractivity contribution < 1.29 is 9.47 Å². The molecule has 3 aromatic rings. The lowest BCUT2D eigenvalue weighted by molar-refractivity contribution is 0.354. The van der Waals surface area contributed by atoms with Crippen molar-refractivity contribution in [2.45, 2.75) is 13.1 Å². The second kappa shape index (κ2) is 8.25. The first-order valence-electron chi connectivity index (χ1n) is 8.42. The van der Waals surface area contributed by atoms with E-state index in [9.17, 15) is 0 Å². The molecule has 5 nitrogen and oxygen atoms in total. The van der Waals surface area contributed by atoms with Crippen molar-refractivity contribution in [2.24, 2.45) is 5.10 Å². The zero-order valence-electron chi connectivity index (χ0n) is 15.1. The van der Waals surface area contributed by atoms with Gasteiger partial charge in [-0.3, -0.25) is 0 Å². The minimum Gasteiger partial charge on any atom is -0.493 e. The highest BCUT2D eigenvalue weighted by Crippen LogP contribution is 2.27. The third-order valence-corrected chi connectivity index (χ3v) is 4.17. The first-order valence-corrected chi connectivity index (χ1v) is 8.42. The van der Waals surface area contributed by atoms with Gasteiger partial charge in [0.1, 0.15) is 0 Å². The van der Waals surface area contributed by atoms with Gasteiger partial charge in [0.25, 0.3) is 0 Å². The fourth-order valence-corrected chi connectivity index (χ4v) is 2.91. The van der Waals surface area contributed by atoms with Crippen molar-refractivity contribution >= 4 is 17.1 Å². The number of allylic oxidation sites excluding steroid dienone is 1. The van der Waals surface area contributed by atoms with Gasteiger partial charge in [-0.25, -0.2) is 0 Å². The van der Waals surface area contributed by atoms with Crippen LogP contribution in [0.3, 0.4) is 0 Å². The Kier molecular flexibility index (Phi) is 5.59. The zero-order valence-corrected chi connectivity index (χ0v) is 15.1. The van der Waals surface area contributed by atoms with Crippen molar-refractivity contribution in [3.63, 3.8) is 0 Å². The monoisotopic (exact) mass is 349 g/mol. The number of hydrazone groups is 1. The van der Waals surface area contributed by atoms with E-state index < -0.39 is 0 Å². The number of rotatable bonds is 8. The Labute approximate surface area is 153 Å². The molecule has 1 aromatic heterocycles. The van der Waals surface area contributed by atoms with Crippen LogP contribution in [0.25, 0.3) is 10.9 Å². The van der Waals surface area contributed by atoms with Crippen molar-refractivity contribution in [3.05, 3.63) is 72.4 Å². The smallest absolute Gasteiger partial charge is 0.161 e. The molecule has 0 aliphatic rings. The van der Waals surface area contributed by atoms with Gasteiger partial charge in [0, 0.05) is 29.2 Å². The predicted octanol–water partition coefficient (Wildman–Crippen LogP) is 3.97. The van der Waals surface area contributed by atoms with Crippen LogP contribution in [0.5, 0.6) is 11.5 Å². The van der Waals surface area contributed by atoms with Crippen molar-refractivity contribution in [2.75, 3.05) is 14.2 Å². The first kappa shape index (κ1) is 17.6. The topological polar surface area (TPSA) is 47.8 Å². The predicted molar refractivity (Wildman–Crippen MR) is 106 cm³/mol. The molecule has 0 saturated carbocycles. The molecule has 1 N–H and O–H groups in total. The van der Waals surface area contributed by atoms with E-state index in [1.165, 1.54) is 10.9 Å². The zero-order chi connectivity index (χ0) is 18.4. The Balaban J connectivity index is 1.71. The van der Waals surface area contributed by atoms with E-state index in [-0.39, 0.29) is 0 Å². The number of nitrogens with zero attached hydrogens (tertiary/aromatic N) is 2. The molecule has 0 bridgehead atoms. The number of ether oxygens (including phenoxy) is 2. The van der Waals surface area contributed by atoms with Gasteiger partial charge < -0.3 is 19.5 Å². The van der Waals surface area contributed by atoms with Crippen LogP contribution in [0, 0.1) is 0 Å². The summed E-state index contributed by atoms with van der Waals surface area (Å²) in [6.45, 7) is 5.19. The Morgan fingerprint density at radius 2 is 1.92 bits per heavy atom. The van der Waals surface area contributed by atoms with Gasteiger partial charge in [0.2, 0.25) is 0 Å². The number of para-hydroxylation sites is 1. The number of methoxy groups -OCH3 is 2. The molecule has 0 atom stereocenters. The van der Waals surface area contributed by atoms with Gasteiger partial charge in [-0.05, 0) is 23.8 Å².